The van der Waals surface area contributed by atoms with Crippen LogP contribution in [0.5, 0.6) is 11.5 Å². The molecule has 0 atom stereocenters. The maximum atomic E-state index is 12.4. The molecule has 2 aromatic rings. The molecule has 0 radical (unpaired) electrons. The fraction of sp³-hybridized carbons (Fsp3) is 0.143. The maximum Gasteiger partial charge on any atom is 0.263 e. The Morgan fingerprint density at radius 2 is 1.76 bits per heavy atom. The number of thiophene rings is 1. The fourth-order valence-corrected chi connectivity index (χ4v) is 2.63. The van der Waals surface area contributed by atoms with Crippen LogP contribution in [0.2, 0.25) is 0 Å². The highest BCUT2D eigenvalue weighted by Crippen LogP contribution is 2.30. The van der Waals surface area contributed by atoms with E-state index in [1.54, 1.807) is 29.6 Å². The molecule has 0 aliphatic carbocycles. The molecule has 21 heavy (non-hydrogen) atoms. The largest absolute Gasteiger partial charge is 0.496 e. The van der Waals surface area contributed by atoms with Gasteiger partial charge in [-0.2, -0.15) is 0 Å². The molecule has 2 amide bonds. The van der Waals surface area contributed by atoms with Crippen molar-refractivity contribution >= 4 is 28.2 Å². The summed E-state index contributed by atoms with van der Waals surface area (Å²) < 4.78 is 10.4. The monoisotopic (exact) mass is 306 g/mol. The van der Waals surface area contributed by atoms with Gasteiger partial charge in [0.25, 0.3) is 11.8 Å². The lowest BCUT2D eigenvalue weighted by Gasteiger charge is -2.12. The minimum absolute atomic E-state index is 0.256. The number of hydrogen-bond acceptors (Lipinski definition) is 5. The van der Waals surface area contributed by atoms with E-state index in [1.165, 1.54) is 25.6 Å². The lowest BCUT2D eigenvalue weighted by atomic mass is 10.1. The molecule has 3 N–H and O–H groups in total. The summed E-state index contributed by atoms with van der Waals surface area (Å²) in [5, 5.41) is 4.72. The molecule has 0 saturated heterocycles. The lowest BCUT2D eigenvalue weighted by Crippen LogP contribution is -2.17. The zero-order valence-corrected chi connectivity index (χ0v) is 12.3. The van der Waals surface area contributed by atoms with Crippen LogP contribution in [0.25, 0.3) is 0 Å². The Balaban J connectivity index is 2.37. The number of primary amides is 1. The summed E-state index contributed by atoms with van der Waals surface area (Å²) in [6.07, 6.45) is 0. The summed E-state index contributed by atoms with van der Waals surface area (Å²) in [5.41, 5.74) is 5.77. The van der Waals surface area contributed by atoms with Crippen LogP contribution in [0.4, 0.5) is 5.00 Å². The van der Waals surface area contributed by atoms with Crippen LogP contribution in [0.3, 0.4) is 0 Å². The van der Waals surface area contributed by atoms with Crippen LogP contribution in [-0.2, 0) is 0 Å². The summed E-state index contributed by atoms with van der Waals surface area (Å²) in [5.74, 6) is -0.277. The first kappa shape index (κ1) is 14.9. The summed E-state index contributed by atoms with van der Waals surface area (Å²) in [6, 6.07) is 6.58. The second kappa shape index (κ2) is 6.27. The van der Waals surface area contributed by atoms with Gasteiger partial charge in [0.15, 0.2) is 0 Å². The van der Waals surface area contributed by atoms with Crippen LogP contribution >= 0.6 is 11.3 Å². The molecule has 0 aliphatic rings. The molecule has 1 aromatic heterocycles. The first-order valence-electron chi connectivity index (χ1n) is 5.98. The standard InChI is InChI=1S/C14H14N2O4S/c1-19-9-4-3-5-10(20-2)11(9)13(18)16-14-8(12(15)17)6-7-21-14/h3-7H,1-2H3,(H2,15,17)(H,16,18). The number of nitrogens with two attached hydrogens (primary N) is 1. The molecule has 2 rings (SSSR count). The number of carbonyl (C=O) groups is 2. The first-order chi connectivity index (χ1) is 10.1. The highest BCUT2D eigenvalue weighted by Gasteiger charge is 2.20. The number of hydrogen-bond donors (Lipinski definition) is 2. The average molecular weight is 306 g/mol. The minimum Gasteiger partial charge on any atom is -0.496 e. The number of anilines is 1. The highest BCUT2D eigenvalue weighted by atomic mass is 32.1. The third-order valence-electron chi connectivity index (χ3n) is 2.81. The summed E-state index contributed by atoms with van der Waals surface area (Å²) >= 11 is 1.21. The van der Waals surface area contributed by atoms with Crippen molar-refractivity contribution in [2.75, 3.05) is 19.5 Å². The smallest absolute Gasteiger partial charge is 0.263 e. The normalized spacial score (nSPS) is 10.0. The Kier molecular flexibility index (Phi) is 4.44. The van der Waals surface area contributed by atoms with Gasteiger partial charge in [-0.15, -0.1) is 11.3 Å². The molecule has 0 spiro atoms. The summed E-state index contributed by atoms with van der Waals surface area (Å²) in [4.78, 5) is 23.7. The van der Waals surface area contributed by atoms with Gasteiger partial charge in [-0.25, -0.2) is 0 Å². The Labute approximate surface area is 125 Å². The van der Waals surface area contributed by atoms with Gasteiger partial charge < -0.3 is 20.5 Å². The molecule has 1 aromatic carbocycles. The van der Waals surface area contributed by atoms with E-state index in [0.29, 0.717) is 16.5 Å². The van der Waals surface area contributed by atoms with E-state index in [4.69, 9.17) is 15.2 Å². The number of amides is 2. The average Bonchev–Trinajstić information content (AvgIpc) is 2.94. The third kappa shape index (κ3) is 2.97. The Morgan fingerprint density at radius 3 is 2.29 bits per heavy atom. The lowest BCUT2D eigenvalue weighted by molar-refractivity contribution is 0.100. The Bertz CT molecular complexity index is 659. The maximum absolute atomic E-state index is 12.4. The van der Waals surface area contributed by atoms with Crippen molar-refractivity contribution in [3.8, 4) is 11.5 Å². The van der Waals surface area contributed by atoms with E-state index in [-0.39, 0.29) is 11.1 Å². The van der Waals surface area contributed by atoms with Crippen molar-refractivity contribution < 1.29 is 19.1 Å². The van der Waals surface area contributed by atoms with Gasteiger partial charge in [0.2, 0.25) is 0 Å². The number of rotatable bonds is 5. The van der Waals surface area contributed by atoms with Crippen LogP contribution in [0.1, 0.15) is 20.7 Å². The Hall–Kier alpha value is -2.54. The SMILES string of the molecule is COc1cccc(OC)c1C(=O)Nc1sccc1C(N)=O. The van der Waals surface area contributed by atoms with E-state index in [0.717, 1.165) is 0 Å². The molecular formula is C14H14N2O4S. The van der Waals surface area contributed by atoms with Gasteiger partial charge >= 0.3 is 0 Å². The van der Waals surface area contributed by atoms with Crippen LogP contribution < -0.4 is 20.5 Å². The fourth-order valence-electron chi connectivity index (χ4n) is 1.84. The van der Waals surface area contributed by atoms with E-state index >= 15 is 0 Å². The number of methoxy groups -OCH3 is 2. The Morgan fingerprint density at radius 1 is 1.14 bits per heavy atom. The molecule has 1 heterocycles. The second-order valence-electron chi connectivity index (χ2n) is 4.02. The van der Waals surface area contributed by atoms with Crippen LogP contribution in [0, 0.1) is 0 Å². The number of benzene rings is 1. The second-order valence-corrected chi connectivity index (χ2v) is 4.94. The van der Waals surface area contributed by atoms with Crippen molar-refractivity contribution in [3.63, 3.8) is 0 Å². The van der Waals surface area contributed by atoms with Gasteiger partial charge in [0.05, 0.1) is 19.8 Å². The topological polar surface area (TPSA) is 90.7 Å². The number of carbonyl (C=O) groups excluding carboxylic acids is 2. The van der Waals surface area contributed by atoms with E-state index in [2.05, 4.69) is 5.32 Å². The summed E-state index contributed by atoms with van der Waals surface area (Å²) in [6.45, 7) is 0. The zero-order valence-electron chi connectivity index (χ0n) is 11.5. The van der Waals surface area contributed by atoms with E-state index in [9.17, 15) is 9.59 Å². The van der Waals surface area contributed by atoms with Gasteiger partial charge in [-0.3, -0.25) is 9.59 Å². The molecule has 7 heteroatoms. The molecule has 0 unspecified atom stereocenters. The number of nitrogens with one attached hydrogen (secondary N) is 1. The molecular weight excluding hydrogens is 292 g/mol. The number of ether oxygens (including phenoxy) is 2. The van der Waals surface area contributed by atoms with Crippen molar-refractivity contribution in [1.29, 1.82) is 0 Å². The van der Waals surface area contributed by atoms with Crippen molar-refractivity contribution in [2.24, 2.45) is 5.73 Å². The van der Waals surface area contributed by atoms with Gasteiger partial charge in [0, 0.05) is 0 Å². The van der Waals surface area contributed by atoms with Crippen LogP contribution in [0.15, 0.2) is 29.6 Å². The van der Waals surface area contributed by atoms with E-state index < -0.39 is 11.8 Å². The first-order valence-corrected chi connectivity index (χ1v) is 6.86. The molecule has 0 fully saturated rings. The molecule has 0 saturated carbocycles. The van der Waals surface area contributed by atoms with Crippen molar-refractivity contribution in [2.45, 2.75) is 0 Å². The quantitative estimate of drug-likeness (QED) is 0.885. The van der Waals surface area contributed by atoms with Gasteiger partial charge in [0.1, 0.15) is 22.1 Å². The molecule has 0 aliphatic heterocycles. The minimum atomic E-state index is -0.599. The van der Waals surface area contributed by atoms with Gasteiger partial charge in [-0.05, 0) is 23.6 Å². The predicted molar refractivity (Wildman–Crippen MR) is 80.3 cm³/mol. The van der Waals surface area contributed by atoms with Gasteiger partial charge in [-0.1, -0.05) is 6.07 Å². The molecule has 0 bridgehead atoms. The highest BCUT2D eigenvalue weighted by molar-refractivity contribution is 7.14. The van der Waals surface area contributed by atoms with Crippen molar-refractivity contribution in [1.82, 2.24) is 0 Å². The zero-order chi connectivity index (χ0) is 15.4. The molecule has 110 valence electrons. The third-order valence-corrected chi connectivity index (χ3v) is 3.64. The van der Waals surface area contributed by atoms with E-state index in [1.807, 2.05) is 0 Å². The summed E-state index contributed by atoms with van der Waals surface area (Å²) in [7, 11) is 2.93. The van der Waals surface area contributed by atoms with Crippen molar-refractivity contribution in [3.05, 3.63) is 40.8 Å². The predicted octanol–water partition coefficient (Wildman–Crippen LogP) is 2.12. The van der Waals surface area contributed by atoms with Crippen LogP contribution in [-0.4, -0.2) is 26.0 Å². The molecule has 6 nitrogen and oxygen atoms in total.